The molecule has 0 radical (unpaired) electrons. The molecule has 1 fully saturated rings. The number of aryl methyl sites for hydroxylation is 1. The van der Waals surface area contributed by atoms with Gasteiger partial charge < -0.3 is 14.5 Å². The summed E-state index contributed by atoms with van der Waals surface area (Å²) < 4.78 is 4.92. The number of rotatable bonds is 4. The molecule has 7 nitrogen and oxygen atoms in total. The predicted octanol–water partition coefficient (Wildman–Crippen LogP) is 0.0651. The zero-order valence-electron chi connectivity index (χ0n) is 9.42. The Balaban J connectivity index is 2.00. The number of carbonyl (C=O) groups is 2. The second-order valence-electron chi connectivity index (χ2n) is 3.97. The highest BCUT2D eigenvalue weighted by Crippen LogP contribution is 2.19. The van der Waals surface area contributed by atoms with Gasteiger partial charge in [0.2, 0.25) is 11.8 Å². The second-order valence-corrected chi connectivity index (χ2v) is 3.97. The summed E-state index contributed by atoms with van der Waals surface area (Å²) in [6.07, 6.45) is 0.687. The van der Waals surface area contributed by atoms with Crippen molar-refractivity contribution in [2.45, 2.75) is 26.3 Å². The normalized spacial score (nSPS) is 19.9. The monoisotopic (exact) mass is 239 g/mol. The lowest BCUT2D eigenvalue weighted by molar-refractivity contribution is -0.141. The van der Waals surface area contributed by atoms with Crippen molar-refractivity contribution >= 4 is 11.9 Å². The van der Waals surface area contributed by atoms with Gasteiger partial charge in [-0.2, -0.15) is 4.98 Å². The van der Waals surface area contributed by atoms with Gasteiger partial charge in [0.1, 0.15) is 0 Å². The van der Waals surface area contributed by atoms with E-state index in [0.29, 0.717) is 18.1 Å². The molecule has 1 N–H and O–H groups in total. The molecule has 1 aromatic rings. The Morgan fingerprint density at radius 2 is 2.41 bits per heavy atom. The van der Waals surface area contributed by atoms with E-state index in [4.69, 9.17) is 9.63 Å². The maximum atomic E-state index is 11.5. The van der Waals surface area contributed by atoms with Gasteiger partial charge in [0.05, 0.1) is 12.5 Å². The van der Waals surface area contributed by atoms with Crippen LogP contribution >= 0.6 is 0 Å². The summed E-state index contributed by atoms with van der Waals surface area (Å²) in [5.74, 6) is -0.814. The third kappa shape index (κ3) is 2.43. The van der Waals surface area contributed by atoms with E-state index in [-0.39, 0.29) is 25.4 Å². The van der Waals surface area contributed by atoms with Crippen molar-refractivity contribution in [3.05, 3.63) is 11.7 Å². The summed E-state index contributed by atoms with van der Waals surface area (Å²) in [6.45, 7) is 2.31. The molecule has 0 saturated carbocycles. The molecule has 1 aromatic heterocycles. The number of aromatic nitrogens is 2. The lowest BCUT2D eigenvalue weighted by Crippen LogP contribution is -2.26. The average Bonchev–Trinajstić information content (AvgIpc) is 2.87. The smallest absolute Gasteiger partial charge is 0.308 e. The third-order valence-corrected chi connectivity index (χ3v) is 2.71. The van der Waals surface area contributed by atoms with Crippen LogP contribution in [0.1, 0.15) is 25.1 Å². The summed E-state index contributed by atoms with van der Waals surface area (Å²) in [5, 5.41) is 12.6. The van der Waals surface area contributed by atoms with Crippen LogP contribution in [0.3, 0.4) is 0 Å². The van der Waals surface area contributed by atoms with Crippen LogP contribution in [0.15, 0.2) is 4.52 Å². The molecular weight excluding hydrogens is 226 g/mol. The molecule has 1 saturated heterocycles. The van der Waals surface area contributed by atoms with Gasteiger partial charge in [-0.05, 0) is 0 Å². The van der Waals surface area contributed by atoms with E-state index >= 15 is 0 Å². The molecule has 0 aromatic carbocycles. The fourth-order valence-electron chi connectivity index (χ4n) is 1.76. The molecule has 92 valence electrons. The minimum Gasteiger partial charge on any atom is -0.481 e. The minimum atomic E-state index is -0.941. The van der Waals surface area contributed by atoms with Gasteiger partial charge in [0.15, 0.2) is 5.82 Å². The van der Waals surface area contributed by atoms with Crippen molar-refractivity contribution in [1.29, 1.82) is 0 Å². The van der Waals surface area contributed by atoms with Gasteiger partial charge in [0, 0.05) is 19.4 Å². The Kier molecular flexibility index (Phi) is 3.08. The van der Waals surface area contributed by atoms with Gasteiger partial charge in [-0.15, -0.1) is 0 Å². The van der Waals surface area contributed by atoms with Gasteiger partial charge in [-0.3, -0.25) is 9.59 Å². The van der Waals surface area contributed by atoms with Crippen LogP contribution in [0.25, 0.3) is 0 Å². The van der Waals surface area contributed by atoms with Crippen LogP contribution in [0.4, 0.5) is 0 Å². The number of amides is 1. The average molecular weight is 239 g/mol. The Bertz CT molecular complexity index is 443. The molecule has 1 atom stereocenters. The van der Waals surface area contributed by atoms with E-state index < -0.39 is 11.9 Å². The summed E-state index contributed by atoms with van der Waals surface area (Å²) in [6, 6.07) is 0. The maximum absolute atomic E-state index is 11.5. The van der Waals surface area contributed by atoms with Crippen LogP contribution in [-0.2, 0) is 22.6 Å². The standard InChI is InChI=1S/C10H13N3O4/c1-2-8-11-7(12-17-8)5-13-4-6(10(15)16)3-9(13)14/h6H,2-5H2,1H3,(H,15,16). The van der Waals surface area contributed by atoms with Gasteiger partial charge in [0.25, 0.3) is 0 Å². The first kappa shape index (κ1) is 11.6. The first-order valence-electron chi connectivity index (χ1n) is 5.42. The fourth-order valence-corrected chi connectivity index (χ4v) is 1.76. The van der Waals surface area contributed by atoms with Crippen molar-refractivity contribution in [3.8, 4) is 0 Å². The Labute approximate surface area is 97.4 Å². The molecular formula is C10H13N3O4. The third-order valence-electron chi connectivity index (χ3n) is 2.71. The number of likely N-dealkylation sites (tertiary alicyclic amines) is 1. The zero-order valence-corrected chi connectivity index (χ0v) is 9.42. The van der Waals surface area contributed by atoms with Crippen molar-refractivity contribution in [2.75, 3.05) is 6.54 Å². The second kappa shape index (κ2) is 4.52. The van der Waals surface area contributed by atoms with E-state index in [1.807, 2.05) is 6.92 Å². The first-order chi connectivity index (χ1) is 8.10. The molecule has 2 heterocycles. The van der Waals surface area contributed by atoms with Gasteiger partial charge in [-0.25, -0.2) is 0 Å². The van der Waals surface area contributed by atoms with Gasteiger partial charge in [-0.1, -0.05) is 12.1 Å². The molecule has 0 aliphatic carbocycles. The molecule has 1 unspecified atom stereocenters. The number of carboxylic acid groups (broad SMARTS) is 1. The number of aliphatic carboxylic acids is 1. The SMILES string of the molecule is CCc1nc(CN2CC(C(=O)O)CC2=O)no1. The predicted molar refractivity (Wildman–Crippen MR) is 54.8 cm³/mol. The number of carbonyl (C=O) groups excluding carboxylic acids is 1. The lowest BCUT2D eigenvalue weighted by Gasteiger charge is -2.12. The Hall–Kier alpha value is -1.92. The molecule has 1 aliphatic rings. The van der Waals surface area contributed by atoms with Crippen molar-refractivity contribution < 1.29 is 19.2 Å². The van der Waals surface area contributed by atoms with Crippen LogP contribution in [-0.4, -0.2) is 38.6 Å². The minimum absolute atomic E-state index is 0.0494. The number of carboxylic acids is 1. The molecule has 0 bridgehead atoms. The van der Waals surface area contributed by atoms with Crippen molar-refractivity contribution in [3.63, 3.8) is 0 Å². The van der Waals surface area contributed by atoms with E-state index in [1.165, 1.54) is 4.90 Å². The van der Waals surface area contributed by atoms with Gasteiger partial charge >= 0.3 is 5.97 Å². The topological polar surface area (TPSA) is 96.5 Å². The summed E-state index contributed by atoms with van der Waals surface area (Å²) in [7, 11) is 0. The van der Waals surface area contributed by atoms with E-state index in [0.717, 1.165) is 0 Å². The van der Waals surface area contributed by atoms with E-state index in [9.17, 15) is 9.59 Å². The summed E-state index contributed by atoms with van der Waals surface area (Å²) >= 11 is 0. The van der Waals surface area contributed by atoms with E-state index in [2.05, 4.69) is 10.1 Å². The first-order valence-corrected chi connectivity index (χ1v) is 5.42. The lowest BCUT2D eigenvalue weighted by atomic mass is 10.1. The quantitative estimate of drug-likeness (QED) is 0.798. The molecule has 1 aliphatic heterocycles. The maximum Gasteiger partial charge on any atom is 0.308 e. The van der Waals surface area contributed by atoms with Crippen molar-refractivity contribution in [1.82, 2.24) is 15.0 Å². The molecule has 0 spiro atoms. The Morgan fingerprint density at radius 1 is 1.65 bits per heavy atom. The molecule has 7 heteroatoms. The van der Waals surface area contributed by atoms with Crippen molar-refractivity contribution in [2.24, 2.45) is 5.92 Å². The summed E-state index contributed by atoms with van der Waals surface area (Å²) in [4.78, 5) is 27.8. The van der Waals surface area contributed by atoms with Crippen LogP contribution < -0.4 is 0 Å². The fraction of sp³-hybridized carbons (Fsp3) is 0.600. The number of nitrogens with zero attached hydrogens (tertiary/aromatic N) is 3. The number of hydrogen-bond donors (Lipinski definition) is 1. The van der Waals surface area contributed by atoms with Crippen LogP contribution in [0.2, 0.25) is 0 Å². The highest BCUT2D eigenvalue weighted by Gasteiger charge is 2.34. The molecule has 1 amide bonds. The molecule has 2 rings (SSSR count). The Morgan fingerprint density at radius 3 is 2.94 bits per heavy atom. The highest BCUT2D eigenvalue weighted by atomic mass is 16.5. The number of hydrogen-bond acceptors (Lipinski definition) is 5. The van der Waals surface area contributed by atoms with E-state index in [1.54, 1.807) is 0 Å². The highest BCUT2D eigenvalue weighted by molar-refractivity contribution is 5.85. The molecule has 17 heavy (non-hydrogen) atoms. The largest absolute Gasteiger partial charge is 0.481 e. The van der Waals surface area contributed by atoms with Crippen LogP contribution in [0, 0.1) is 5.92 Å². The van der Waals surface area contributed by atoms with Crippen LogP contribution in [0.5, 0.6) is 0 Å². The zero-order chi connectivity index (χ0) is 12.4. The summed E-state index contributed by atoms with van der Waals surface area (Å²) in [5.41, 5.74) is 0.